The molecule has 0 radical (unpaired) electrons. The topological polar surface area (TPSA) is 60.4 Å². The van der Waals surface area contributed by atoms with Gasteiger partial charge in [0.15, 0.2) is 5.78 Å². The molecule has 3 saturated carbocycles. The van der Waals surface area contributed by atoms with Crippen LogP contribution in [-0.4, -0.2) is 23.1 Å². The SMILES string of the molecule is CC(=O)O[C@@]12CCC(=O)C=C1CC[C@H]1[C@H]3CCC(=O)[C@]3(C)CC[C@@H]12. The quantitative estimate of drug-likeness (QED) is 0.692. The highest BCUT2D eigenvalue weighted by molar-refractivity contribution is 5.92. The van der Waals surface area contributed by atoms with Crippen LogP contribution in [0.3, 0.4) is 0 Å². The van der Waals surface area contributed by atoms with Crippen molar-refractivity contribution in [2.75, 3.05) is 0 Å². The third-order valence-corrected chi connectivity index (χ3v) is 7.44. The van der Waals surface area contributed by atoms with Crippen LogP contribution in [0.5, 0.6) is 0 Å². The molecule has 0 spiro atoms. The summed E-state index contributed by atoms with van der Waals surface area (Å²) in [6.07, 6.45) is 8.15. The zero-order valence-electron chi connectivity index (χ0n) is 14.6. The fraction of sp³-hybridized carbons (Fsp3) is 0.750. The fourth-order valence-electron chi connectivity index (χ4n) is 6.38. The molecule has 0 N–H and O–H groups in total. The molecule has 130 valence electrons. The fourth-order valence-corrected chi connectivity index (χ4v) is 6.38. The van der Waals surface area contributed by atoms with Gasteiger partial charge in [0, 0.05) is 31.1 Å². The summed E-state index contributed by atoms with van der Waals surface area (Å²) in [5, 5.41) is 0. The number of carbonyl (C=O) groups excluding carboxylic acids is 3. The second-order valence-corrected chi connectivity index (χ2v) is 8.45. The summed E-state index contributed by atoms with van der Waals surface area (Å²) >= 11 is 0. The predicted octanol–water partition coefficient (Wildman–Crippen LogP) is 3.38. The Labute approximate surface area is 143 Å². The predicted molar refractivity (Wildman–Crippen MR) is 88.1 cm³/mol. The van der Waals surface area contributed by atoms with E-state index in [1.807, 2.05) is 0 Å². The van der Waals surface area contributed by atoms with Crippen LogP contribution >= 0.6 is 0 Å². The van der Waals surface area contributed by atoms with E-state index in [-0.39, 0.29) is 23.1 Å². The normalized spacial score (nSPS) is 44.2. The van der Waals surface area contributed by atoms with E-state index in [4.69, 9.17) is 4.74 Å². The summed E-state index contributed by atoms with van der Waals surface area (Å²) in [5.74, 6) is 1.43. The van der Waals surface area contributed by atoms with Crippen LogP contribution in [0.4, 0.5) is 0 Å². The van der Waals surface area contributed by atoms with Crippen molar-refractivity contribution in [1.82, 2.24) is 0 Å². The molecule has 4 aliphatic rings. The zero-order chi connectivity index (χ0) is 17.1. The van der Waals surface area contributed by atoms with E-state index in [1.54, 1.807) is 6.08 Å². The van der Waals surface area contributed by atoms with Gasteiger partial charge in [-0.2, -0.15) is 0 Å². The first-order valence-corrected chi connectivity index (χ1v) is 9.33. The van der Waals surface area contributed by atoms with Crippen molar-refractivity contribution in [1.29, 1.82) is 0 Å². The van der Waals surface area contributed by atoms with Gasteiger partial charge in [0.25, 0.3) is 0 Å². The molecule has 4 rings (SSSR count). The number of esters is 1. The minimum atomic E-state index is -0.588. The van der Waals surface area contributed by atoms with Crippen molar-refractivity contribution in [3.63, 3.8) is 0 Å². The second kappa shape index (κ2) is 5.27. The van der Waals surface area contributed by atoms with Gasteiger partial charge in [0.1, 0.15) is 11.4 Å². The van der Waals surface area contributed by atoms with Gasteiger partial charge in [-0.15, -0.1) is 0 Å². The highest BCUT2D eigenvalue weighted by Crippen LogP contribution is 2.62. The van der Waals surface area contributed by atoms with Gasteiger partial charge in [0.2, 0.25) is 0 Å². The lowest BCUT2D eigenvalue weighted by molar-refractivity contribution is -0.175. The lowest BCUT2D eigenvalue weighted by Gasteiger charge is -2.56. The third kappa shape index (κ3) is 2.07. The minimum absolute atomic E-state index is 0.155. The summed E-state index contributed by atoms with van der Waals surface area (Å²) in [4.78, 5) is 36.2. The molecule has 4 aliphatic carbocycles. The first-order chi connectivity index (χ1) is 11.4. The molecule has 4 heteroatoms. The van der Waals surface area contributed by atoms with E-state index in [9.17, 15) is 14.4 Å². The summed E-state index contributed by atoms with van der Waals surface area (Å²) in [7, 11) is 0. The standard InChI is InChI=1S/C20H26O4/c1-12(21)24-20-10-7-14(22)11-13(20)3-4-15-16-5-6-18(23)19(16,2)9-8-17(15)20/h11,15-17H,3-10H2,1-2H3/t15-,16+,17-,19+,20-/m0/s1. The molecule has 0 aromatic rings. The van der Waals surface area contributed by atoms with Crippen LogP contribution in [-0.2, 0) is 19.1 Å². The molecule has 0 aliphatic heterocycles. The summed E-state index contributed by atoms with van der Waals surface area (Å²) in [6, 6.07) is 0. The summed E-state index contributed by atoms with van der Waals surface area (Å²) in [6.45, 7) is 3.62. The van der Waals surface area contributed by atoms with E-state index in [1.165, 1.54) is 6.92 Å². The molecule has 5 atom stereocenters. The van der Waals surface area contributed by atoms with Crippen molar-refractivity contribution >= 4 is 17.5 Å². The Morgan fingerprint density at radius 1 is 1.08 bits per heavy atom. The number of rotatable bonds is 1. The molecule has 0 amide bonds. The number of hydrogen-bond acceptors (Lipinski definition) is 4. The Balaban J connectivity index is 1.74. The molecule has 4 nitrogen and oxygen atoms in total. The highest BCUT2D eigenvalue weighted by atomic mass is 16.6. The lowest BCUT2D eigenvalue weighted by Crippen LogP contribution is -2.57. The van der Waals surface area contributed by atoms with Gasteiger partial charge < -0.3 is 4.74 Å². The number of ketones is 2. The van der Waals surface area contributed by atoms with Crippen molar-refractivity contribution < 1.29 is 19.1 Å². The summed E-state index contributed by atoms with van der Waals surface area (Å²) in [5.41, 5.74) is 0.267. The van der Waals surface area contributed by atoms with Gasteiger partial charge in [-0.05, 0) is 62.0 Å². The molecule has 24 heavy (non-hydrogen) atoms. The van der Waals surface area contributed by atoms with Crippen LogP contribution in [0, 0.1) is 23.2 Å². The largest absolute Gasteiger partial charge is 0.454 e. The average Bonchev–Trinajstić information content (AvgIpc) is 2.83. The molecule has 0 heterocycles. The smallest absolute Gasteiger partial charge is 0.303 e. The molecular formula is C20H26O4. The Morgan fingerprint density at radius 2 is 1.88 bits per heavy atom. The van der Waals surface area contributed by atoms with Crippen LogP contribution in [0.15, 0.2) is 11.6 Å². The van der Waals surface area contributed by atoms with E-state index in [2.05, 4.69) is 6.92 Å². The molecule has 0 bridgehead atoms. The zero-order valence-corrected chi connectivity index (χ0v) is 14.6. The first-order valence-electron chi connectivity index (χ1n) is 9.33. The molecular weight excluding hydrogens is 304 g/mol. The van der Waals surface area contributed by atoms with E-state index >= 15 is 0 Å². The maximum Gasteiger partial charge on any atom is 0.303 e. The van der Waals surface area contributed by atoms with Crippen LogP contribution in [0.1, 0.15) is 65.2 Å². The van der Waals surface area contributed by atoms with E-state index in [0.717, 1.165) is 37.7 Å². The molecule has 0 aromatic carbocycles. The minimum Gasteiger partial charge on any atom is -0.454 e. The Bertz CT molecular complexity index is 648. The molecule has 0 saturated heterocycles. The number of hydrogen-bond donors (Lipinski definition) is 0. The van der Waals surface area contributed by atoms with Gasteiger partial charge in [-0.3, -0.25) is 14.4 Å². The maximum absolute atomic E-state index is 12.4. The van der Waals surface area contributed by atoms with Crippen LogP contribution in [0.25, 0.3) is 0 Å². The first kappa shape index (κ1) is 16.0. The van der Waals surface area contributed by atoms with Crippen LogP contribution < -0.4 is 0 Å². The Morgan fingerprint density at radius 3 is 2.62 bits per heavy atom. The average molecular weight is 330 g/mol. The Kier molecular flexibility index (Phi) is 3.52. The van der Waals surface area contributed by atoms with Gasteiger partial charge in [-0.25, -0.2) is 0 Å². The van der Waals surface area contributed by atoms with Crippen molar-refractivity contribution in [2.24, 2.45) is 23.2 Å². The lowest BCUT2D eigenvalue weighted by atomic mass is 9.50. The van der Waals surface area contributed by atoms with Crippen molar-refractivity contribution in [3.05, 3.63) is 11.6 Å². The Hall–Kier alpha value is -1.45. The van der Waals surface area contributed by atoms with Gasteiger partial charge >= 0.3 is 5.97 Å². The van der Waals surface area contributed by atoms with Crippen molar-refractivity contribution in [3.8, 4) is 0 Å². The maximum atomic E-state index is 12.4. The number of Topliss-reactive ketones (excluding diaryl/α,β-unsaturated/α-hetero) is 1. The number of carbonyl (C=O) groups is 3. The second-order valence-electron chi connectivity index (χ2n) is 8.45. The van der Waals surface area contributed by atoms with Gasteiger partial charge in [0.05, 0.1) is 0 Å². The molecule has 3 fully saturated rings. The van der Waals surface area contributed by atoms with E-state index in [0.29, 0.717) is 36.9 Å². The van der Waals surface area contributed by atoms with Gasteiger partial charge in [-0.1, -0.05) is 6.92 Å². The number of ether oxygens (including phenoxy) is 1. The molecule has 0 aromatic heterocycles. The molecule has 0 unspecified atom stereocenters. The monoisotopic (exact) mass is 330 g/mol. The third-order valence-electron chi connectivity index (χ3n) is 7.44. The number of fused-ring (bicyclic) bond motifs is 5. The summed E-state index contributed by atoms with van der Waals surface area (Å²) < 4.78 is 5.96. The highest BCUT2D eigenvalue weighted by Gasteiger charge is 2.61. The van der Waals surface area contributed by atoms with E-state index < -0.39 is 5.60 Å². The van der Waals surface area contributed by atoms with Crippen molar-refractivity contribution in [2.45, 2.75) is 70.8 Å². The van der Waals surface area contributed by atoms with Crippen LogP contribution in [0.2, 0.25) is 0 Å².